The molecule has 0 aliphatic heterocycles. The van der Waals surface area contributed by atoms with Crippen molar-refractivity contribution in [2.45, 2.75) is 20.0 Å². The number of benzene rings is 9. The molecule has 10 aromatic heterocycles. The normalized spacial score (nSPS) is 10.8. The van der Waals surface area contributed by atoms with Crippen LogP contribution in [-0.2, 0) is 13.1 Å². The lowest BCUT2D eigenvalue weighted by molar-refractivity contribution is 0.0943. The van der Waals surface area contributed by atoms with Gasteiger partial charge in [0.05, 0.1) is 91.4 Å². The Balaban J connectivity index is 0.000000119. The monoisotopic (exact) mass is 1640 g/mol. The van der Waals surface area contributed by atoms with Crippen LogP contribution in [0.4, 0.5) is 49.2 Å². The van der Waals surface area contributed by atoms with Gasteiger partial charge in [0.15, 0.2) is 28.2 Å². The Morgan fingerprint density at radius 2 is 0.672 bits per heavy atom. The smallest absolute Gasteiger partial charge is 0.255 e. The molecule has 0 saturated heterocycles. The second-order valence-corrected chi connectivity index (χ2v) is 27.1. The van der Waals surface area contributed by atoms with Gasteiger partial charge in [-0.1, -0.05) is 108 Å². The first kappa shape index (κ1) is 80.0. The van der Waals surface area contributed by atoms with E-state index in [9.17, 15) is 28.0 Å². The molecule has 33 nitrogen and oxygen atoms in total. The third kappa shape index (κ3) is 18.4. The molecule has 0 radical (unpaired) electrons. The van der Waals surface area contributed by atoms with Gasteiger partial charge in [0.25, 0.3) is 23.6 Å². The predicted molar refractivity (Wildman–Crippen MR) is 459 cm³/mol. The molecule has 0 bridgehead atoms. The summed E-state index contributed by atoms with van der Waals surface area (Å²) in [4.78, 5) is 90.2. The molecule has 0 aliphatic carbocycles. The number of nitrogens with two attached hydrogens (primary N) is 5. The summed E-state index contributed by atoms with van der Waals surface area (Å²) in [5, 5.41) is 36.2. The van der Waals surface area contributed by atoms with E-state index in [0.29, 0.717) is 141 Å². The SMILES string of the molecule is Cc1cccc(CNC(=O)c2cccc(-n3ncc4c(N)ncnc43)c2)c1.Nc1ncnc2c1cnn2-c1ccc(F)c(Cl)c1.Nc1ncnc2c1cnn2-c1ccc(NC(=O)c2ccccc2)cc1.Nc1ncnc2c1cnn2-c1cccc(C(=O)NCc2cccc(F)c2)c1.Nc1ncnc2c1cnn2-c1cccc(NC(=O)c2ccccc2)c1. The molecule has 9 aromatic carbocycles. The summed E-state index contributed by atoms with van der Waals surface area (Å²) in [5.74, 6) is 0.270. The molecule has 0 atom stereocenters. The Morgan fingerprint density at radius 3 is 1.07 bits per heavy atom. The topological polar surface area (TPSA) is 464 Å². The first-order chi connectivity index (χ1) is 59.3. The second kappa shape index (κ2) is 36.3. The molecular weight excluding hydrogens is 1580 g/mol. The largest absolute Gasteiger partial charge is 0.383 e. The number of nitrogens with one attached hydrogen (secondary N) is 4. The molecule has 14 N–H and O–H groups in total. The lowest BCUT2D eigenvalue weighted by Gasteiger charge is -2.08. The fourth-order valence-corrected chi connectivity index (χ4v) is 12.6. The molecular formula is C86H68ClF2N29O4. The van der Waals surface area contributed by atoms with Crippen LogP contribution in [0.25, 0.3) is 83.6 Å². The van der Waals surface area contributed by atoms with Crippen molar-refractivity contribution < 1.29 is 28.0 Å². The van der Waals surface area contributed by atoms with Crippen molar-refractivity contribution >= 4 is 131 Å². The molecule has 0 saturated carbocycles. The summed E-state index contributed by atoms with van der Waals surface area (Å²) in [6, 6.07) is 65.4. The third-order valence-corrected chi connectivity index (χ3v) is 18.8. The van der Waals surface area contributed by atoms with Crippen molar-refractivity contribution in [3.8, 4) is 28.4 Å². The van der Waals surface area contributed by atoms with Crippen LogP contribution in [-0.4, -0.2) is 122 Å². The Hall–Kier alpha value is -17.2. The number of carbonyl (C=O) groups is 4. The number of nitrogen functional groups attached to an aromatic ring is 5. The summed E-state index contributed by atoms with van der Waals surface area (Å²) in [7, 11) is 0. The van der Waals surface area contributed by atoms with E-state index in [1.54, 1.807) is 123 Å². The predicted octanol–water partition coefficient (Wildman–Crippen LogP) is 12.6. The molecule has 122 heavy (non-hydrogen) atoms. The zero-order valence-corrected chi connectivity index (χ0v) is 64.9. The number of rotatable bonds is 15. The van der Waals surface area contributed by atoms with Gasteiger partial charge in [-0.15, -0.1) is 0 Å². The van der Waals surface area contributed by atoms with Gasteiger partial charge in [0.1, 0.15) is 72.4 Å². The molecule has 19 aromatic rings. The van der Waals surface area contributed by atoms with Crippen molar-refractivity contribution in [1.82, 2.24) is 109 Å². The van der Waals surface area contributed by atoms with Crippen molar-refractivity contribution in [2.75, 3.05) is 39.3 Å². The van der Waals surface area contributed by atoms with E-state index in [1.807, 2.05) is 128 Å². The highest BCUT2D eigenvalue weighted by Gasteiger charge is 2.19. The highest BCUT2D eigenvalue weighted by molar-refractivity contribution is 6.31. The average Bonchev–Trinajstić information content (AvgIpc) is 1.64. The molecule has 4 amide bonds. The van der Waals surface area contributed by atoms with Gasteiger partial charge in [-0.05, 0) is 152 Å². The summed E-state index contributed by atoms with van der Waals surface area (Å²) < 4.78 is 34.4. The summed E-state index contributed by atoms with van der Waals surface area (Å²) in [6.45, 7) is 2.73. The number of hydrogen-bond acceptors (Lipinski definition) is 24. The van der Waals surface area contributed by atoms with E-state index in [0.717, 1.165) is 28.2 Å². The molecule has 0 aliphatic rings. The van der Waals surface area contributed by atoms with Gasteiger partial charge in [0.2, 0.25) is 0 Å². The summed E-state index contributed by atoms with van der Waals surface area (Å²) in [5.41, 5.74) is 42.1. The van der Waals surface area contributed by atoms with Crippen LogP contribution in [0.3, 0.4) is 0 Å². The maximum atomic E-state index is 13.2. The lowest BCUT2D eigenvalue weighted by atomic mass is 10.1. The maximum Gasteiger partial charge on any atom is 0.255 e. The Morgan fingerprint density at radius 1 is 0.328 bits per heavy atom. The van der Waals surface area contributed by atoms with Gasteiger partial charge in [-0.2, -0.15) is 25.5 Å². The Labute approximate surface area is 695 Å². The first-order valence-electron chi connectivity index (χ1n) is 37.0. The maximum absolute atomic E-state index is 13.2. The number of halogens is 3. The van der Waals surface area contributed by atoms with Crippen LogP contribution >= 0.6 is 11.6 Å². The van der Waals surface area contributed by atoms with Gasteiger partial charge < -0.3 is 49.9 Å². The van der Waals surface area contributed by atoms with E-state index >= 15 is 0 Å². The van der Waals surface area contributed by atoms with Gasteiger partial charge >= 0.3 is 0 Å². The van der Waals surface area contributed by atoms with E-state index in [-0.39, 0.29) is 41.0 Å². The molecule has 19 rings (SSSR count). The number of anilines is 7. The Kier molecular flexibility index (Phi) is 23.8. The van der Waals surface area contributed by atoms with Gasteiger partial charge in [0, 0.05) is 46.7 Å². The molecule has 0 spiro atoms. The second-order valence-electron chi connectivity index (χ2n) is 26.7. The van der Waals surface area contributed by atoms with Crippen molar-refractivity contribution in [1.29, 1.82) is 0 Å². The molecule has 36 heteroatoms. The van der Waals surface area contributed by atoms with Gasteiger partial charge in [-0.25, -0.2) is 82.0 Å². The van der Waals surface area contributed by atoms with Crippen molar-refractivity contribution in [3.63, 3.8) is 0 Å². The highest BCUT2D eigenvalue weighted by Crippen LogP contribution is 2.28. The summed E-state index contributed by atoms with van der Waals surface area (Å²) >= 11 is 5.74. The number of hydrogen-bond donors (Lipinski definition) is 9. The van der Waals surface area contributed by atoms with Crippen LogP contribution in [0.5, 0.6) is 0 Å². The Bertz CT molecular complexity index is 6870. The van der Waals surface area contributed by atoms with Crippen LogP contribution in [0.1, 0.15) is 58.1 Å². The zero-order chi connectivity index (χ0) is 84.8. The minimum absolute atomic E-state index is 0.0261. The number of fused-ring (bicyclic) bond motifs is 5. The van der Waals surface area contributed by atoms with Crippen LogP contribution in [0.2, 0.25) is 5.02 Å². The minimum Gasteiger partial charge on any atom is -0.383 e. The van der Waals surface area contributed by atoms with E-state index < -0.39 is 5.82 Å². The molecule has 10 heterocycles. The third-order valence-electron chi connectivity index (χ3n) is 18.5. The van der Waals surface area contributed by atoms with E-state index in [1.165, 1.54) is 60.6 Å². The molecule has 0 fully saturated rings. The van der Waals surface area contributed by atoms with Crippen LogP contribution in [0, 0.1) is 18.6 Å². The number of nitrogens with zero attached hydrogens (tertiary/aromatic N) is 20. The first-order valence-corrected chi connectivity index (χ1v) is 37.4. The fraction of sp³-hybridized carbons (Fsp3) is 0.0349. The van der Waals surface area contributed by atoms with Gasteiger partial charge in [-0.3, -0.25) is 19.2 Å². The van der Waals surface area contributed by atoms with Crippen molar-refractivity contribution in [2.24, 2.45) is 0 Å². The average molecular weight is 1650 g/mol. The molecule has 0 unspecified atom stereocenters. The fourth-order valence-electron chi connectivity index (χ4n) is 12.5. The number of aryl methyl sites for hydroxylation is 1. The minimum atomic E-state index is -0.481. The standard InChI is InChI=1S/C20H18N6O.C19H15FN6O.2C18H14N6O.C11H7ClFN5/c1-13-4-2-5-14(8-13)10-22-20(27)15-6-3-7-16(9-15)26-19-17(11-25-26)18(21)23-12-24-19;20-14-5-1-3-12(7-14)9-22-19(27)13-4-2-6-15(8-13)26-18-16(10-25-26)17(21)23-11-24-18;19-16-15-10-22-24(17(15)21-11-20-16)14-8-4-7-13(9-14)23-18(25)12-5-2-1-3-6-12;19-16-15-10-22-24(17(15)21-11-20-16)14-8-6-13(7-9-14)23-18(25)12-4-2-1-3-5-12;12-8-3-6(1-2-9(8)13)18-11-7(4-17-18)10(14)15-5-16-11/h2-9,11-12H,10H2,1H3,(H,22,27)(H2,21,23,24);1-8,10-11H,9H2,(H,22,27)(H2,21,23,24);2*1-11H,(H,23,25)(H2,19,20,21);1-5H,(H2,14,15,16). The van der Waals surface area contributed by atoms with Crippen LogP contribution in [0.15, 0.2) is 287 Å². The van der Waals surface area contributed by atoms with E-state index in [4.69, 9.17) is 40.3 Å². The number of carbonyl (C=O) groups excluding carboxylic acids is 4. The summed E-state index contributed by atoms with van der Waals surface area (Å²) in [6.07, 6.45) is 14.9. The number of aromatic nitrogens is 20. The van der Waals surface area contributed by atoms with Crippen LogP contribution < -0.4 is 49.9 Å². The number of amides is 4. The lowest BCUT2D eigenvalue weighted by Crippen LogP contribution is -2.23. The quantitative estimate of drug-likeness (QED) is 0.0460. The van der Waals surface area contributed by atoms with E-state index in [2.05, 4.69) is 103 Å². The zero-order valence-electron chi connectivity index (χ0n) is 64.1. The highest BCUT2D eigenvalue weighted by atomic mass is 35.5. The van der Waals surface area contributed by atoms with Crippen molar-refractivity contribution in [3.05, 3.63) is 343 Å². The molecule has 602 valence electrons.